The second-order valence-corrected chi connectivity index (χ2v) is 6.09. The van der Waals surface area contributed by atoms with Gasteiger partial charge in [-0.15, -0.1) is 11.3 Å². The zero-order chi connectivity index (χ0) is 13.1. The molecule has 4 nitrogen and oxygen atoms in total. The first-order valence-corrected chi connectivity index (χ1v) is 7.39. The van der Waals surface area contributed by atoms with Crippen LogP contribution in [0.2, 0.25) is 0 Å². The van der Waals surface area contributed by atoms with Crippen LogP contribution < -0.4 is 0 Å². The molecule has 2 unspecified atom stereocenters. The van der Waals surface area contributed by atoms with Crippen LogP contribution in [-0.2, 0) is 11.2 Å². The van der Waals surface area contributed by atoms with E-state index in [2.05, 4.69) is 23.7 Å². The first-order chi connectivity index (χ1) is 8.56. The smallest absolute Gasteiger partial charge is 0.0965 e. The lowest BCUT2D eigenvalue weighted by Gasteiger charge is -2.37. The van der Waals surface area contributed by atoms with Gasteiger partial charge in [0, 0.05) is 36.6 Å². The number of nitrogens with zero attached hydrogens (tertiary/aromatic N) is 2. The third kappa shape index (κ3) is 3.51. The highest BCUT2D eigenvalue weighted by molar-refractivity contribution is 7.09. The highest BCUT2D eigenvalue weighted by Crippen LogP contribution is 2.17. The summed E-state index contributed by atoms with van der Waals surface area (Å²) in [5, 5.41) is 13.3. The molecule has 0 spiro atoms. The Morgan fingerprint density at radius 2 is 2.39 bits per heavy atom. The molecule has 1 aromatic heterocycles. The van der Waals surface area contributed by atoms with E-state index in [1.165, 1.54) is 0 Å². The summed E-state index contributed by atoms with van der Waals surface area (Å²) in [7, 11) is 0. The molecule has 1 fully saturated rings. The van der Waals surface area contributed by atoms with Crippen LogP contribution in [-0.4, -0.2) is 52.9 Å². The minimum absolute atomic E-state index is 0.0923. The molecule has 0 aromatic carbocycles. The van der Waals surface area contributed by atoms with Gasteiger partial charge in [0.05, 0.1) is 23.8 Å². The van der Waals surface area contributed by atoms with Gasteiger partial charge in [0.25, 0.3) is 0 Å². The van der Waals surface area contributed by atoms with Crippen LogP contribution in [0, 0.1) is 6.92 Å². The van der Waals surface area contributed by atoms with E-state index in [-0.39, 0.29) is 6.10 Å². The number of ether oxygens (including phenoxy) is 1. The first kappa shape index (κ1) is 13.9. The maximum atomic E-state index is 10.3. The van der Waals surface area contributed by atoms with E-state index in [4.69, 9.17) is 4.74 Å². The molecule has 1 N–H and O–H groups in total. The maximum Gasteiger partial charge on any atom is 0.0965 e. The van der Waals surface area contributed by atoms with Crippen LogP contribution in [0.5, 0.6) is 0 Å². The lowest BCUT2D eigenvalue weighted by Crippen LogP contribution is -2.50. The molecule has 1 saturated heterocycles. The summed E-state index contributed by atoms with van der Waals surface area (Å²) in [6.45, 7) is 8.80. The number of aromatic nitrogens is 1. The predicted molar refractivity (Wildman–Crippen MR) is 73.0 cm³/mol. The fraction of sp³-hybridized carbons (Fsp3) is 0.769. The van der Waals surface area contributed by atoms with Gasteiger partial charge in [0.1, 0.15) is 0 Å². The van der Waals surface area contributed by atoms with Gasteiger partial charge in [-0.05, 0) is 20.8 Å². The average Bonchev–Trinajstić information content (AvgIpc) is 2.75. The third-order valence-corrected chi connectivity index (χ3v) is 4.32. The number of rotatable bonds is 4. The number of morpholine rings is 1. The van der Waals surface area contributed by atoms with Crippen molar-refractivity contribution >= 4 is 11.3 Å². The minimum atomic E-state index is -0.461. The van der Waals surface area contributed by atoms with Crippen molar-refractivity contribution in [3.05, 3.63) is 16.1 Å². The van der Waals surface area contributed by atoms with E-state index < -0.39 is 6.10 Å². The van der Waals surface area contributed by atoms with Crippen LogP contribution in [0.4, 0.5) is 0 Å². The van der Waals surface area contributed by atoms with Crippen molar-refractivity contribution in [3.8, 4) is 0 Å². The van der Waals surface area contributed by atoms with Gasteiger partial charge >= 0.3 is 0 Å². The lowest BCUT2D eigenvalue weighted by atomic mass is 10.1. The number of aliphatic hydroxyl groups is 1. The maximum absolute atomic E-state index is 10.3. The Balaban J connectivity index is 1.90. The van der Waals surface area contributed by atoms with Gasteiger partial charge in [-0.3, -0.25) is 4.90 Å². The molecule has 1 aliphatic heterocycles. The predicted octanol–water partition coefficient (Wildman–Crippen LogP) is 1.46. The summed E-state index contributed by atoms with van der Waals surface area (Å²) >= 11 is 1.61. The van der Waals surface area contributed by atoms with Crippen LogP contribution in [0.1, 0.15) is 24.5 Å². The standard InChI is InChI=1S/C13H22N2O2S/c1-9(2)15-4-5-17-12(7-15)11(16)6-13-14-10(3)8-18-13/h8-9,11-12,16H,4-7H2,1-3H3. The second kappa shape index (κ2) is 6.10. The molecule has 0 bridgehead atoms. The Morgan fingerprint density at radius 1 is 1.61 bits per heavy atom. The molecule has 0 aliphatic carbocycles. The molecule has 5 heteroatoms. The van der Waals surface area contributed by atoms with Crippen LogP contribution in [0.25, 0.3) is 0 Å². The number of hydrogen-bond donors (Lipinski definition) is 1. The monoisotopic (exact) mass is 270 g/mol. The van der Waals surface area contributed by atoms with Crippen molar-refractivity contribution in [1.82, 2.24) is 9.88 Å². The summed E-state index contributed by atoms with van der Waals surface area (Å²) in [6.07, 6.45) is 0.0391. The molecule has 0 radical (unpaired) electrons. The summed E-state index contributed by atoms with van der Waals surface area (Å²) in [4.78, 5) is 6.74. The molecule has 2 atom stereocenters. The van der Waals surface area contributed by atoms with E-state index in [1.807, 2.05) is 12.3 Å². The minimum Gasteiger partial charge on any atom is -0.390 e. The second-order valence-electron chi connectivity index (χ2n) is 5.15. The zero-order valence-corrected chi connectivity index (χ0v) is 12.1. The Morgan fingerprint density at radius 3 is 3.00 bits per heavy atom. The largest absolute Gasteiger partial charge is 0.390 e. The average molecular weight is 270 g/mol. The van der Waals surface area contributed by atoms with E-state index in [1.54, 1.807) is 11.3 Å². The van der Waals surface area contributed by atoms with Gasteiger partial charge in [0.2, 0.25) is 0 Å². The summed E-state index contributed by atoms with van der Waals surface area (Å²) in [6, 6.07) is 0.505. The van der Waals surface area contributed by atoms with Crippen molar-refractivity contribution in [3.63, 3.8) is 0 Å². The van der Waals surface area contributed by atoms with Crippen LogP contribution in [0.15, 0.2) is 5.38 Å². The fourth-order valence-corrected chi connectivity index (χ4v) is 3.03. The van der Waals surface area contributed by atoms with E-state index in [0.717, 1.165) is 23.8 Å². The van der Waals surface area contributed by atoms with Crippen molar-refractivity contribution in [2.45, 2.75) is 45.4 Å². The normalized spacial score (nSPS) is 23.5. The fourth-order valence-electron chi connectivity index (χ4n) is 2.21. The molecule has 102 valence electrons. The lowest BCUT2D eigenvalue weighted by molar-refractivity contribution is -0.0940. The van der Waals surface area contributed by atoms with Crippen molar-refractivity contribution < 1.29 is 9.84 Å². The molecule has 0 amide bonds. The van der Waals surface area contributed by atoms with E-state index in [0.29, 0.717) is 19.1 Å². The van der Waals surface area contributed by atoms with E-state index in [9.17, 15) is 5.11 Å². The molecule has 18 heavy (non-hydrogen) atoms. The molecule has 0 saturated carbocycles. The molecule has 1 aromatic rings. The summed E-state index contributed by atoms with van der Waals surface area (Å²) in [5.74, 6) is 0. The molecule has 1 aliphatic rings. The number of aliphatic hydroxyl groups excluding tert-OH is 1. The number of aryl methyl sites for hydroxylation is 1. The van der Waals surface area contributed by atoms with Gasteiger partial charge in [-0.25, -0.2) is 4.98 Å². The Hall–Kier alpha value is -0.490. The van der Waals surface area contributed by atoms with Crippen molar-refractivity contribution in [1.29, 1.82) is 0 Å². The quantitative estimate of drug-likeness (QED) is 0.900. The molecular weight excluding hydrogens is 248 g/mol. The highest BCUT2D eigenvalue weighted by atomic mass is 32.1. The third-order valence-electron chi connectivity index (χ3n) is 3.33. The number of hydrogen-bond acceptors (Lipinski definition) is 5. The van der Waals surface area contributed by atoms with Crippen LogP contribution >= 0.6 is 11.3 Å². The van der Waals surface area contributed by atoms with Gasteiger partial charge < -0.3 is 9.84 Å². The Kier molecular flexibility index (Phi) is 4.72. The highest BCUT2D eigenvalue weighted by Gasteiger charge is 2.28. The zero-order valence-electron chi connectivity index (χ0n) is 11.3. The summed E-state index contributed by atoms with van der Waals surface area (Å²) < 4.78 is 5.68. The first-order valence-electron chi connectivity index (χ1n) is 6.51. The van der Waals surface area contributed by atoms with Gasteiger partial charge in [-0.1, -0.05) is 0 Å². The van der Waals surface area contributed by atoms with Crippen LogP contribution in [0.3, 0.4) is 0 Å². The van der Waals surface area contributed by atoms with Gasteiger partial charge in [-0.2, -0.15) is 0 Å². The topological polar surface area (TPSA) is 45.6 Å². The van der Waals surface area contributed by atoms with Gasteiger partial charge in [0.15, 0.2) is 0 Å². The summed E-state index contributed by atoms with van der Waals surface area (Å²) in [5.41, 5.74) is 1.02. The molecular formula is C13H22N2O2S. The SMILES string of the molecule is Cc1csc(CC(O)C2CN(C(C)C)CCO2)n1. The molecule has 2 heterocycles. The van der Waals surface area contributed by atoms with E-state index >= 15 is 0 Å². The van der Waals surface area contributed by atoms with Crippen molar-refractivity contribution in [2.24, 2.45) is 0 Å². The molecule has 2 rings (SSSR count). The Labute approximate surface area is 113 Å². The Bertz CT molecular complexity index is 381. The number of thiazole rings is 1. The van der Waals surface area contributed by atoms with Crippen molar-refractivity contribution in [2.75, 3.05) is 19.7 Å².